The summed E-state index contributed by atoms with van der Waals surface area (Å²) in [5, 5.41) is 3.06. The van der Waals surface area contributed by atoms with Gasteiger partial charge in [-0.15, -0.1) is 11.3 Å². The van der Waals surface area contributed by atoms with Crippen LogP contribution in [0.1, 0.15) is 17.4 Å². The number of rotatable bonds is 6. The third-order valence-electron chi connectivity index (χ3n) is 4.13. The van der Waals surface area contributed by atoms with Gasteiger partial charge in [-0.05, 0) is 35.0 Å². The largest absolute Gasteiger partial charge is 0.379 e. The Morgan fingerprint density at radius 1 is 1.42 bits per heavy atom. The van der Waals surface area contributed by atoms with Crippen molar-refractivity contribution in [1.29, 1.82) is 0 Å². The Labute approximate surface area is 154 Å². The van der Waals surface area contributed by atoms with Crippen molar-refractivity contribution in [3.8, 4) is 0 Å². The first-order valence-corrected chi connectivity index (χ1v) is 9.78. The van der Waals surface area contributed by atoms with Crippen LogP contribution in [0.5, 0.6) is 0 Å². The Hall–Kier alpha value is -1.15. The van der Waals surface area contributed by atoms with E-state index >= 15 is 0 Å². The molecule has 0 bridgehead atoms. The van der Waals surface area contributed by atoms with E-state index in [4.69, 9.17) is 4.74 Å². The lowest BCUT2D eigenvalue weighted by Crippen LogP contribution is -2.41. The lowest BCUT2D eigenvalue weighted by molar-refractivity contribution is 0.0383. The Balaban J connectivity index is 1.67. The first-order chi connectivity index (χ1) is 11.7. The third kappa shape index (κ3) is 4.08. The monoisotopic (exact) mass is 411 g/mol. The highest BCUT2D eigenvalue weighted by molar-refractivity contribution is 9.11. The highest BCUT2D eigenvalue weighted by Gasteiger charge is 2.17. The lowest BCUT2D eigenvalue weighted by atomic mass is 10.3. The number of thiophene rings is 1. The fourth-order valence-electron chi connectivity index (χ4n) is 2.85. The molecule has 3 heterocycles. The van der Waals surface area contributed by atoms with Crippen molar-refractivity contribution in [3.05, 3.63) is 33.8 Å². The molecule has 0 radical (unpaired) electrons. The Morgan fingerprint density at radius 2 is 2.21 bits per heavy atom. The Bertz CT molecular complexity index is 732. The molecule has 1 aliphatic heterocycles. The Morgan fingerprint density at radius 3 is 2.96 bits per heavy atom. The summed E-state index contributed by atoms with van der Waals surface area (Å²) in [5.74, 6) is -0.00714. The second kappa shape index (κ2) is 8.29. The van der Waals surface area contributed by atoms with E-state index < -0.39 is 0 Å². The molecule has 5 nitrogen and oxygen atoms in total. The molecule has 130 valence electrons. The van der Waals surface area contributed by atoms with Gasteiger partial charge in [0, 0.05) is 32.7 Å². The van der Waals surface area contributed by atoms with Crippen molar-refractivity contribution in [2.24, 2.45) is 0 Å². The zero-order chi connectivity index (χ0) is 16.9. The minimum atomic E-state index is -0.00714. The van der Waals surface area contributed by atoms with Crippen LogP contribution < -0.4 is 5.32 Å². The zero-order valence-corrected chi connectivity index (χ0v) is 16.2. The molecular formula is C17H22BrN3O2S. The van der Waals surface area contributed by atoms with E-state index in [-0.39, 0.29) is 5.91 Å². The van der Waals surface area contributed by atoms with Crippen LogP contribution in [0.15, 0.2) is 28.1 Å². The molecule has 1 amide bonds. The number of ether oxygens (including phenoxy) is 1. The van der Waals surface area contributed by atoms with E-state index in [9.17, 15) is 4.79 Å². The normalized spacial score (nSPS) is 16.2. The number of hydrogen-bond donors (Lipinski definition) is 1. The topological polar surface area (TPSA) is 46.5 Å². The predicted octanol–water partition coefficient (Wildman–Crippen LogP) is 3.10. The van der Waals surface area contributed by atoms with Crippen molar-refractivity contribution in [3.63, 3.8) is 0 Å². The quantitative estimate of drug-likeness (QED) is 0.742. The number of allylic oxidation sites excluding steroid dienone is 2. The molecule has 0 aliphatic carbocycles. The van der Waals surface area contributed by atoms with Crippen LogP contribution in [0.4, 0.5) is 0 Å². The summed E-state index contributed by atoms with van der Waals surface area (Å²) in [7, 11) is 0. The molecule has 3 rings (SSSR count). The average Bonchev–Trinajstić information content (AvgIpc) is 3.10. The molecule has 7 heteroatoms. The molecule has 1 saturated heterocycles. The average molecular weight is 412 g/mol. The fourth-order valence-corrected chi connectivity index (χ4v) is 4.42. The van der Waals surface area contributed by atoms with Gasteiger partial charge in [-0.25, -0.2) is 0 Å². The van der Waals surface area contributed by atoms with Crippen molar-refractivity contribution in [1.82, 2.24) is 14.8 Å². The third-order valence-corrected chi connectivity index (χ3v) is 5.71. The summed E-state index contributed by atoms with van der Waals surface area (Å²) < 4.78 is 9.63. The van der Waals surface area contributed by atoms with Crippen molar-refractivity contribution < 1.29 is 9.53 Å². The molecule has 2 aromatic rings. The van der Waals surface area contributed by atoms with Crippen LogP contribution in [0.2, 0.25) is 0 Å². The van der Waals surface area contributed by atoms with Crippen LogP contribution in [0, 0.1) is 0 Å². The number of carbonyl (C=O) groups excluding carboxylic acids is 1. The maximum Gasteiger partial charge on any atom is 0.268 e. The molecule has 1 fully saturated rings. The van der Waals surface area contributed by atoms with Crippen LogP contribution in [-0.4, -0.2) is 54.8 Å². The van der Waals surface area contributed by atoms with E-state index in [0.717, 1.165) is 52.5 Å². The first kappa shape index (κ1) is 17.7. The van der Waals surface area contributed by atoms with Crippen LogP contribution in [-0.2, 0) is 11.3 Å². The minimum absolute atomic E-state index is 0.00714. The van der Waals surface area contributed by atoms with Gasteiger partial charge in [0.15, 0.2) is 0 Å². The predicted molar refractivity (Wildman–Crippen MR) is 102 cm³/mol. The van der Waals surface area contributed by atoms with Gasteiger partial charge in [-0.2, -0.15) is 0 Å². The smallest absolute Gasteiger partial charge is 0.268 e. The van der Waals surface area contributed by atoms with Gasteiger partial charge in [0.1, 0.15) is 5.69 Å². The summed E-state index contributed by atoms with van der Waals surface area (Å²) in [4.78, 5) is 14.9. The lowest BCUT2D eigenvalue weighted by Gasteiger charge is -2.26. The molecule has 0 unspecified atom stereocenters. The molecule has 2 aromatic heterocycles. The number of nitrogens with one attached hydrogen (secondary N) is 1. The van der Waals surface area contributed by atoms with Gasteiger partial charge in [-0.1, -0.05) is 12.2 Å². The summed E-state index contributed by atoms with van der Waals surface area (Å²) >= 11 is 5.18. The molecule has 0 aromatic carbocycles. The maximum atomic E-state index is 12.6. The number of carbonyl (C=O) groups is 1. The van der Waals surface area contributed by atoms with Crippen molar-refractivity contribution in [2.45, 2.75) is 13.5 Å². The van der Waals surface area contributed by atoms with Crippen LogP contribution in [0.25, 0.3) is 10.2 Å². The number of morpholine rings is 1. The first-order valence-electron chi connectivity index (χ1n) is 8.17. The van der Waals surface area contributed by atoms with Crippen LogP contribution in [0.3, 0.4) is 0 Å². The van der Waals surface area contributed by atoms with E-state index in [0.29, 0.717) is 13.1 Å². The van der Waals surface area contributed by atoms with E-state index in [1.54, 1.807) is 11.3 Å². The highest BCUT2D eigenvalue weighted by Crippen LogP contribution is 2.32. The zero-order valence-electron chi connectivity index (χ0n) is 13.8. The second-order valence-corrected chi connectivity index (χ2v) is 8.18. The number of hydrogen-bond acceptors (Lipinski definition) is 4. The Kier molecular flexibility index (Phi) is 6.10. The number of fused-ring (bicyclic) bond motifs is 1. The van der Waals surface area contributed by atoms with E-state index in [2.05, 4.69) is 42.9 Å². The number of amides is 1. The second-order valence-electron chi connectivity index (χ2n) is 5.72. The number of nitrogens with zero attached hydrogens (tertiary/aromatic N) is 2. The van der Waals surface area contributed by atoms with Gasteiger partial charge < -0.3 is 14.6 Å². The van der Waals surface area contributed by atoms with E-state index in [1.165, 1.54) is 0 Å². The van der Waals surface area contributed by atoms with Gasteiger partial charge in [0.05, 0.1) is 27.2 Å². The van der Waals surface area contributed by atoms with Gasteiger partial charge in [0.25, 0.3) is 5.91 Å². The standard InChI is InChI=1S/C17H22BrN3O2S/c1-2-3-5-21-13-12-16(18)24-15(13)11-14(21)17(22)19-4-6-20-7-9-23-10-8-20/h2-3,11-12H,4-10H2,1H3,(H,19,22)/b3-2+. The molecule has 1 N–H and O–H groups in total. The maximum absolute atomic E-state index is 12.6. The summed E-state index contributed by atoms with van der Waals surface area (Å²) in [6.45, 7) is 7.67. The molecular weight excluding hydrogens is 390 g/mol. The van der Waals surface area contributed by atoms with Gasteiger partial charge >= 0.3 is 0 Å². The molecule has 0 spiro atoms. The molecule has 1 aliphatic rings. The molecule has 0 atom stereocenters. The highest BCUT2D eigenvalue weighted by atomic mass is 79.9. The fraction of sp³-hybridized carbons (Fsp3) is 0.471. The molecule has 0 saturated carbocycles. The summed E-state index contributed by atoms with van der Waals surface area (Å²) in [6.07, 6.45) is 4.07. The number of aromatic nitrogens is 1. The van der Waals surface area contributed by atoms with Crippen LogP contribution >= 0.6 is 27.3 Å². The van der Waals surface area contributed by atoms with Crippen molar-refractivity contribution in [2.75, 3.05) is 39.4 Å². The molecule has 24 heavy (non-hydrogen) atoms. The van der Waals surface area contributed by atoms with Gasteiger partial charge in [-0.3, -0.25) is 9.69 Å². The SMILES string of the molecule is C/C=C/Cn1c(C(=O)NCCN2CCOCC2)cc2sc(Br)cc21. The summed E-state index contributed by atoms with van der Waals surface area (Å²) in [6, 6.07) is 4.06. The van der Waals surface area contributed by atoms with Gasteiger partial charge in [0.2, 0.25) is 0 Å². The minimum Gasteiger partial charge on any atom is -0.379 e. The van der Waals surface area contributed by atoms with Crippen molar-refractivity contribution >= 4 is 43.4 Å². The summed E-state index contributed by atoms with van der Waals surface area (Å²) in [5.41, 5.74) is 1.83. The number of halogens is 1. The van der Waals surface area contributed by atoms with E-state index in [1.807, 2.05) is 19.1 Å².